The zero-order chi connectivity index (χ0) is 15.7. The molecule has 0 aromatic heterocycles. The number of fused-ring (bicyclic) bond motifs is 5. The fraction of sp³-hybridized carbons (Fsp3) is 1.00. The van der Waals surface area contributed by atoms with Gasteiger partial charge in [0.25, 0.3) is 0 Å². The normalized spacial score (nSPS) is 61.2. The maximum absolute atomic E-state index is 10.2. The summed E-state index contributed by atoms with van der Waals surface area (Å²) in [6.07, 6.45) is 10.8. The number of aliphatic hydroxyl groups is 1. The molecule has 0 aliphatic heterocycles. The van der Waals surface area contributed by atoms with Crippen molar-refractivity contribution in [2.45, 2.75) is 85.2 Å². The molecular weight excluding hydrogens is 268 g/mol. The minimum Gasteiger partial charge on any atom is -0.393 e. The first-order valence-electron chi connectivity index (χ1n) is 10.0. The zero-order valence-electron chi connectivity index (χ0n) is 15.1. The highest BCUT2D eigenvalue weighted by molar-refractivity contribution is 5.09. The maximum Gasteiger partial charge on any atom is 0.0543 e. The van der Waals surface area contributed by atoms with Crippen molar-refractivity contribution in [3.63, 3.8) is 0 Å². The molecule has 4 fully saturated rings. The molecule has 1 heteroatoms. The molecule has 0 saturated heterocycles. The van der Waals surface area contributed by atoms with Crippen molar-refractivity contribution >= 4 is 0 Å². The molecule has 1 nitrogen and oxygen atoms in total. The first-order valence-corrected chi connectivity index (χ1v) is 10.0. The van der Waals surface area contributed by atoms with Gasteiger partial charge in [0.15, 0.2) is 0 Å². The highest BCUT2D eigenvalue weighted by Gasteiger charge is 2.60. The molecule has 9 atom stereocenters. The molecule has 0 amide bonds. The Morgan fingerprint density at radius 2 is 1.45 bits per heavy atom. The number of hydrogen-bond donors (Lipinski definition) is 1. The largest absolute Gasteiger partial charge is 0.393 e. The van der Waals surface area contributed by atoms with Crippen molar-refractivity contribution in [1.82, 2.24) is 0 Å². The average Bonchev–Trinajstić information content (AvgIpc) is 2.77. The van der Waals surface area contributed by atoms with Crippen molar-refractivity contribution in [2.75, 3.05) is 0 Å². The second-order valence-electron chi connectivity index (χ2n) is 10.2. The summed E-state index contributed by atoms with van der Waals surface area (Å²) in [5.74, 6) is 5.46. The molecule has 0 aromatic rings. The molecule has 4 saturated carbocycles. The van der Waals surface area contributed by atoms with Crippen molar-refractivity contribution < 1.29 is 5.11 Å². The SMILES string of the molecule is CC1CC2C3CCC(C)C3(C)CCC2C2(C)CCC(O)CC12. The first-order chi connectivity index (χ1) is 10.4. The molecule has 9 unspecified atom stereocenters. The van der Waals surface area contributed by atoms with Crippen LogP contribution in [0, 0.1) is 46.3 Å². The predicted molar refractivity (Wildman–Crippen MR) is 91.4 cm³/mol. The van der Waals surface area contributed by atoms with Crippen LogP contribution in [0.1, 0.15) is 79.1 Å². The van der Waals surface area contributed by atoms with E-state index in [1.807, 2.05) is 0 Å². The Hall–Kier alpha value is -0.0400. The number of hydrogen-bond acceptors (Lipinski definition) is 1. The summed E-state index contributed by atoms with van der Waals surface area (Å²) in [6, 6.07) is 0. The fourth-order valence-corrected chi connectivity index (χ4v) is 7.98. The molecule has 126 valence electrons. The van der Waals surface area contributed by atoms with Crippen LogP contribution < -0.4 is 0 Å². The summed E-state index contributed by atoms with van der Waals surface area (Å²) in [7, 11) is 0. The molecule has 4 aliphatic rings. The summed E-state index contributed by atoms with van der Waals surface area (Å²) >= 11 is 0. The lowest BCUT2D eigenvalue weighted by atomic mass is 9.43. The van der Waals surface area contributed by atoms with Gasteiger partial charge in [-0.25, -0.2) is 0 Å². The number of aliphatic hydroxyl groups excluding tert-OH is 1. The van der Waals surface area contributed by atoms with Crippen LogP contribution in [0.5, 0.6) is 0 Å². The zero-order valence-corrected chi connectivity index (χ0v) is 15.1. The number of rotatable bonds is 0. The van der Waals surface area contributed by atoms with Gasteiger partial charge in [0.2, 0.25) is 0 Å². The van der Waals surface area contributed by atoms with Crippen LogP contribution in [-0.2, 0) is 0 Å². The Balaban J connectivity index is 1.66. The van der Waals surface area contributed by atoms with E-state index in [0.29, 0.717) is 10.8 Å². The lowest BCUT2D eigenvalue weighted by Gasteiger charge is -2.62. The van der Waals surface area contributed by atoms with Gasteiger partial charge in [-0.2, -0.15) is 0 Å². The van der Waals surface area contributed by atoms with Crippen LogP contribution >= 0.6 is 0 Å². The van der Waals surface area contributed by atoms with E-state index in [4.69, 9.17) is 0 Å². The quantitative estimate of drug-likeness (QED) is 0.646. The van der Waals surface area contributed by atoms with E-state index in [9.17, 15) is 5.11 Å². The van der Waals surface area contributed by atoms with Gasteiger partial charge in [-0.3, -0.25) is 0 Å². The Kier molecular flexibility index (Phi) is 3.50. The van der Waals surface area contributed by atoms with Gasteiger partial charge in [-0.05, 0) is 97.7 Å². The summed E-state index contributed by atoms with van der Waals surface area (Å²) in [5.41, 5.74) is 1.16. The van der Waals surface area contributed by atoms with Crippen molar-refractivity contribution in [1.29, 1.82) is 0 Å². The Morgan fingerprint density at radius 3 is 2.23 bits per heavy atom. The lowest BCUT2D eigenvalue weighted by Crippen LogP contribution is -2.56. The van der Waals surface area contributed by atoms with Crippen LogP contribution in [0.4, 0.5) is 0 Å². The first kappa shape index (κ1) is 15.5. The minimum atomic E-state index is -0.0163. The Labute approximate surface area is 137 Å². The summed E-state index contributed by atoms with van der Waals surface area (Å²) in [4.78, 5) is 0. The predicted octanol–water partition coefficient (Wildman–Crippen LogP) is 5.27. The van der Waals surface area contributed by atoms with Gasteiger partial charge < -0.3 is 5.11 Å². The van der Waals surface area contributed by atoms with Crippen LogP contribution in [0.2, 0.25) is 0 Å². The molecule has 0 spiro atoms. The van der Waals surface area contributed by atoms with Gasteiger partial charge in [0.1, 0.15) is 0 Å². The molecule has 0 aromatic carbocycles. The molecule has 4 aliphatic carbocycles. The van der Waals surface area contributed by atoms with E-state index in [0.717, 1.165) is 48.3 Å². The highest BCUT2D eigenvalue weighted by atomic mass is 16.3. The molecular formula is C21H36O. The topological polar surface area (TPSA) is 20.2 Å². The van der Waals surface area contributed by atoms with Crippen LogP contribution in [-0.4, -0.2) is 11.2 Å². The van der Waals surface area contributed by atoms with E-state index in [1.54, 1.807) is 0 Å². The van der Waals surface area contributed by atoms with Crippen LogP contribution in [0.3, 0.4) is 0 Å². The van der Waals surface area contributed by atoms with Crippen LogP contribution in [0.25, 0.3) is 0 Å². The monoisotopic (exact) mass is 304 g/mol. The maximum atomic E-state index is 10.2. The second kappa shape index (κ2) is 4.98. The fourth-order valence-electron chi connectivity index (χ4n) is 7.98. The third-order valence-corrected chi connectivity index (χ3v) is 9.48. The lowest BCUT2D eigenvalue weighted by molar-refractivity contribution is -0.146. The minimum absolute atomic E-state index is 0.0163. The smallest absolute Gasteiger partial charge is 0.0543 e. The standard InChI is InChI=1S/C21H36O/c1-13-11-16-17-6-5-14(2)20(17,3)10-8-18(16)21(4)9-7-15(22)12-19(13)21/h13-19,22H,5-12H2,1-4H3. The molecule has 4 rings (SSSR count). The molecule has 22 heavy (non-hydrogen) atoms. The van der Waals surface area contributed by atoms with E-state index in [1.165, 1.54) is 38.5 Å². The second-order valence-corrected chi connectivity index (χ2v) is 10.2. The van der Waals surface area contributed by atoms with Crippen molar-refractivity contribution in [2.24, 2.45) is 46.3 Å². The van der Waals surface area contributed by atoms with Crippen molar-refractivity contribution in [3.05, 3.63) is 0 Å². The van der Waals surface area contributed by atoms with E-state index < -0.39 is 0 Å². The molecule has 0 heterocycles. The van der Waals surface area contributed by atoms with Gasteiger partial charge in [-0.15, -0.1) is 0 Å². The average molecular weight is 305 g/mol. The summed E-state index contributed by atoms with van der Waals surface area (Å²) in [6.45, 7) is 10.3. The highest BCUT2D eigenvalue weighted by Crippen LogP contribution is 2.68. The van der Waals surface area contributed by atoms with E-state index >= 15 is 0 Å². The summed E-state index contributed by atoms with van der Waals surface area (Å²) in [5, 5.41) is 10.2. The molecule has 1 N–H and O–H groups in total. The Bertz CT molecular complexity index is 445. The third kappa shape index (κ3) is 1.93. The summed E-state index contributed by atoms with van der Waals surface area (Å²) < 4.78 is 0. The van der Waals surface area contributed by atoms with Gasteiger partial charge in [0.05, 0.1) is 6.10 Å². The van der Waals surface area contributed by atoms with E-state index in [-0.39, 0.29) is 6.10 Å². The van der Waals surface area contributed by atoms with Crippen LogP contribution in [0.15, 0.2) is 0 Å². The van der Waals surface area contributed by atoms with Crippen molar-refractivity contribution in [3.8, 4) is 0 Å². The van der Waals surface area contributed by atoms with Gasteiger partial charge in [0, 0.05) is 0 Å². The van der Waals surface area contributed by atoms with Gasteiger partial charge in [-0.1, -0.05) is 27.7 Å². The Morgan fingerprint density at radius 1 is 0.773 bits per heavy atom. The third-order valence-electron chi connectivity index (χ3n) is 9.48. The van der Waals surface area contributed by atoms with Gasteiger partial charge >= 0.3 is 0 Å². The van der Waals surface area contributed by atoms with E-state index in [2.05, 4.69) is 27.7 Å². The molecule has 0 bridgehead atoms. The molecule has 0 radical (unpaired) electrons.